The first-order valence-corrected chi connectivity index (χ1v) is 11.1. The monoisotopic (exact) mass is 439 g/mol. The Morgan fingerprint density at radius 3 is 2.09 bits per heavy atom. The number of alkyl carbamates (subject to hydrolysis) is 1. The van der Waals surface area contributed by atoms with E-state index in [4.69, 9.17) is 9.47 Å². The van der Waals surface area contributed by atoms with Gasteiger partial charge in [-0.05, 0) is 55.9 Å². The number of carboxylic acid groups (broad SMARTS) is 1. The van der Waals surface area contributed by atoms with Gasteiger partial charge in [-0.3, -0.25) is 4.79 Å². The number of carbonyl (C=O) groups excluding carboxylic acids is 1. The van der Waals surface area contributed by atoms with Crippen molar-refractivity contribution in [2.45, 2.75) is 52.1 Å². The molecule has 0 aliphatic heterocycles. The molecule has 1 amide bonds. The van der Waals surface area contributed by atoms with Crippen LogP contribution < -0.4 is 5.32 Å². The van der Waals surface area contributed by atoms with E-state index < -0.39 is 23.1 Å². The number of amides is 1. The molecule has 1 aliphatic carbocycles. The molecule has 0 saturated heterocycles. The van der Waals surface area contributed by atoms with Crippen LogP contribution in [0.1, 0.15) is 57.6 Å². The van der Waals surface area contributed by atoms with Crippen molar-refractivity contribution in [3.8, 4) is 11.1 Å². The van der Waals surface area contributed by atoms with Gasteiger partial charge in [0.15, 0.2) is 0 Å². The first-order valence-electron chi connectivity index (χ1n) is 11.1. The predicted molar refractivity (Wildman–Crippen MR) is 124 cm³/mol. The minimum absolute atomic E-state index is 0.0141. The number of benzene rings is 2. The van der Waals surface area contributed by atoms with Crippen LogP contribution in [0.15, 0.2) is 48.5 Å². The molecule has 1 atom stereocenters. The molecule has 0 saturated carbocycles. The highest BCUT2D eigenvalue weighted by molar-refractivity contribution is 5.79. The van der Waals surface area contributed by atoms with E-state index in [0.717, 1.165) is 0 Å². The van der Waals surface area contributed by atoms with Crippen LogP contribution in [-0.2, 0) is 14.3 Å². The molecule has 172 valence electrons. The van der Waals surface area contributed by atoms with Crippen LogP contribution in [-0.4, -0.2) is 42.5 Å². The Hall–Kier alpha value is -2.86. The first-order chi connectivity index (χ1) is 15.2. The SMILES string of the molecule is CCC(C)(CNC(=O)OCC1c2ccccc2-c2ccccc21)OCCC(C)(C)C(=O)O. The molecule has 0 aromatic heterocycles. The third kappa shape index (κ3) is 5.30. The van der Waals surface area contributed by atoms with Gasteiger partial charge in [0.25, 0.3) is 0 Å². The molecule has 1 aliphatic rings. The summed E-state index contributed by atoms with van der Waals surface area (Å²) in [6.45, 7) is 8.08. The fourth-order valence-corrected chi connectivity index (χ4v) is 3.85. The van der Waals surface area contributed by atoms with E-state index >= 15 is 0 Å². The van der Waals surface area contributed by atoms with E-state index in [9.17, 15) is 14.7 Å². The van der Waals surface area contributed by atoms with Gasteiger partial charge in [0.1, 0.15) is 6.61 Å². The number of hydrogen-bond donors (Lipinski definition) is 2. The van der Waals surface area contributed by atoms with E-state index in [1.54, 1.807) is 13.8 Å². The second-order valence-corrected chi connectivity index (χ2v) is 9.27. The van der Waals surface area contributed by atoms with Crippen LogP contribution in [0.5, 0.6) is 0 Å². The summed E-state index contributed by atoms with van der Waals surface area (Å²) in [5.74, 6) is -0.837. The molecule has 0 heterocycles. The molecule has 0 bridgehead atoms. The molecule has 3 rings (SSSR count). The number of carbonyl (C=O) groups is 2. The van der Waals surface area contributed by atoms with Crippen LogP contribution >= 0.6 is 0 Å². The highest BCUT2D eigenvalue weighted by atomic mass is 16.5. The van der Waals surface area contributed by atoms with Gasteiger partial charge in [-0.15, -0.1) is 0 Å². The predicted octanol–water partition coefficient (Wildman–Crippen LogP) is 5.21. The lowest BCUT2D eigenvalue weighted by atomic mass is 9.90. The average molecular weight is 440 g/mol. The lowest BCUT2D eigenvalue weighted by molar-refractivity contribution is -0.149. The van der Waals surface area contributed by atoms with Gasteiger partial charge >= 0.3 is 12.1 Å². The van der Waals surface area contributed by atoms with Gasteiger partial charge in [0.2, 0.25) is 0 Å². The maximum Gasteiger partial charge on any atom is 0.407 e. The normalized spacial score (nSPS) is 14.9. The summed E-state index contributed by atoms with van der Waals surface area (Å²) in [5, 5.41) is 12.1. The van der Waals surface area contributed by atoms with Gasteiger partial charge in [-0.2, -0.15) is 0 Å². The Bertz CT molecular complexity index is 925. The summed E-state index contributed by atoms with van der Waals surface area (Å²) >= 11 is 0. The molecule has 1 unspecified atom stereocenters. The molecular formula is C26H33NO5. The Morgan fingerprint density at radius 2 is 1.56 bits per heavy atom. The highest BCUT2D eigenvalue weighted by Crippen LogP contribution is 2.44. The zero-order chi connectivity index (χ0) is 23.4. The number of nitrogens with one attached hydrogen (secondary N) is 1. The van der Waals surface area contributed by atoms with Crippen LogP contribution in [0.2, 0.25) is 0 Å². The molecule has 32 heavy (non-hydrogen) atoms. The van der Waals surface area contributed by atoms with E-state index in [1.165, 1.54) is 22.3 Å². The van der Waals surface area contributed by atoms with Gasteiger partial charge in [0.05, 0.1) is 11.0 Å². The summed E-state index contributed by atoms with van der Waals surface area (Å²) < 4.78 is 11.5. The minimum Gasteiger partial charge on any atom is -0.481 e. The number of aliphatic carboxylic acids is 1. The smallest absolute Gasteiger partial charge is 0.407 e. The Balaban J connectivity index is 1.53. The van der Waals surface area contributed by atoms with Crippen LogP contribution in [0, 0.1) is 5.41 Å². The number of fused-ring (bicyclic) bond motifs is 3. The van der Waals surface area contributed by atoms with E-state index in [1.807, 2.05) is 38.1 Å². The van der Waals surface area contributed by atoms with E-state index in [2.05, 4.69) is 29.6 Å². The standard InChI is InChI=1S/C26H33NO5/c1-5-26(4,32-15-14-25(2,3)23(28)29)17-27-24(30)31-16-22-20-12-8-6-10-18(20)19-11-7-9-13-21(19)22/h6-13,22H,5,14-17H2,1-4H3,(H,27,30)(H,28,29). The van der Waals surface area contributed by atoms with Crippen LogP contribution in [0.4, 0.5) is 4.79 Å². The third-order valence-electron chi connectivity index (χ3n) is 6.45. The summed E-state index contributed by atoms with van der Waals surface area (Å²) in [6.07, 6.45) is 0.577. The summed E-state index contributed by atoms with van der Waals surface area (Å²) in [6, 6.07) is 16.4. The summed E-state index contributed by atoms with van der Waals surface area (Å²) in [4.78, 5) is 23.7. The number of rotatable bonds is 10. The zero-order valence-corrected chi connectivity index (χ0v) is 19.3. The second-order valence-electron chi connectivity index (χ2n) is 9.27. The van der Waals surface area contributed by atoms with Crippen LogP contribution in [0.25, 0.3) is 11.1 Å². The highest BCUT2D eigenvalue weighted by Gasteiger charge is 2.31. The van der Waals surface area contributed by atoms with E-state index in [0.29, 0.717) is 19.4 Å². The molecule has 6 nitrogen and oxygen atoms in total. The largest absolute Gasteiger partial charge is 0.481 e. The minimum atomic E-state index is -0.852. The lowest BCUT2D eigenvalue weighted by Crippen LogP contribution is -2.43. The molecule has 2 aromatic rings. The lowest BCUT2D eigenvalue weighted by Gasteiger charge is -2.30. The van der Waals surface area contributed by atoms with Gasteiger partial charge in [-0.25, -0.2) is 4.79 Å². The van der Waals surface area contributed by atoms with Crippen molar-refractivity contribution < 1.29 is 24.2 Å². The van der Waals surface area contributed by atoms with Gasteiger partial charge in [-0.1, -0.05) is 55.5 Å². The van der Waals surface area contributed by atoms with Crippen molar-refractivity contribution in [1.29, 1.82) is 0 Å². The molecule has 0 radical (unpaired) electrons. The van der Waals surface area contributed by atoms with Crippen molar-refractivity contribution in [2.75, 3.05) is 19.8 Å². The molecule has 0 fully saturated rings. The molecule has 2 N–H and O–H groups in total. The fraction of sp³-hybridized carbons (Fsp3) is 0.462. The second kappa shape index (κ2) is 9.74. The average Bonchev–Trinajstić information content (AvgIpc) is 3.10. The maximum atomic E-state index is 12.4. The quantitative estimate of drug-likeness (QED) is 0.531. The van der Waals surface area contributed by atoms with Gasteiger partial charge < -0.3 is 19.9 Å². The zero-order valence-electron chi connectivity index (χ0n) is 19.3. The van der Waals surface area contributed by atoms with E-state index in [-0.39, 0.29) is 19.1 Å². The Morgan fingerprint density at radius 1 is 1.00 bits per heavy atom. The van der Waals surface area contributed by atoms with Crippen molar-refractivity contribution in [3.63, 3.8) is 0 Å². The third-order valence-corrected chi connectivity index (χ3v) is 6.45. The number of hydrogen-bond acceptors (Lipinski definition) is 4. The Kier molecular flexibility index (Phi) is 7.24. The van der Waals surface area contributed by atoms with Crippen molar-refractivity contribution >= 4 is 12.1 Å². The number of carboxylic acids is 1. The molecule has 0 spiro atoms. The fourth-order valence-electron chi connectivity index (χ4n) is 3.85. The summed E-state index contributed by atoms with van der Waals surface area (Å²) in [7, 11) is 0. The molecular weight excluding hydrogens is 406 g/mol. The van der Waals surface area contributed by atoms with Gasteiger partial charge in [0, 0.05) is 19.1 Å². The number of ether oxygens (including phenoxy) is 2. The topological polar surface area (TPSA) is 84.9 Å². The maximum absolute atomic E-state index is 12.4. The molecule has 6 heteroatoms. The van der Waals surface area contributed by atoms with Crippen molar-refractivity contribution in [2.24, 2.45) is 5.41 Å². The molecule has 2 aromatic carbocycles. The van der Waals surface area contributed by atoms with Crippen molar-refractivity contribution in [1.82, 2.24) is 5.32 Å². The first kappa shape index (κ1) is 23.8. The summed E-state index contributed by atoms with van der Waals surface area (Å²) in [5.41, 5.74) is 3.27. The van der Waals surface area contributed by atoms with Crippen molar-refractivity contribution in [3.05, 3.63) is 59.7 Å². The Labute approximate surface area is 189 Å². The van der Waals surface area contributed by atoms with Crippen LogP contribution in [0.3, 0.4) is 0 Å².